The van der Waals surface area contributed by atoms with Crippen LogP contribution in [0.3, 0.4) is 0 Å². The fourth-order valence-corrected chi connectivity index (χ4v) is 4.00. The van der Waals surface area contributed by atoms with Gasteiger partial charge in [-0.3, -0.25) is 9.59 Å². The first-order chi connectivity index (χ1) is 15.9. The Kier molecular flexibility index (Phi) is 6.77. The molecule has 3 aromatic carbocycles. The van der Waals surface area contributed by atoms with Crippen molar-refractivity contribution in [1.29, 1.82) is 0 Å². The number of hydrogen-bond acceptors (Lipinski definition) is 4. The van der Waals surface area contributed by atoms with Crippen LogP contribution in [0.2, 0.25) is 0 Å². The van der Waals surface area contributed by atoms with Crippen LogP contribution in [0.1, 0.15) is 24.2 Å². The summed E-state index contributed by atoms with van der Waals surface area (Å²) in [6.07, 6.45) is 0. The molecule has 0 spiro atoms. The number of hydrogen-bond donors (Lipinski definition) is 1. The normalized spacial score (nSPS) is 13.9. The zero-order chi connectivity index (χ0) is 23.4. The van der Waals surface area contributed by atoms with Gasteiger partial charge in [-0.2, -0.15) is 0 Å². The van der Waals surface area contributed by atoms with Gasteiger partial charge in [0.2, 0.25) is 0 Å². The summed E-state index contributed by atoms with van der Waals surface area (Å²) in [5.41, 5.74) is 1.38. The van der Waals surface area contributed by atoms with Gasteiger partial charge in [0.25, 0.3) is 11.8 Å². The van der Waals surface area contributed by atoms with Gasteiger partial charge in [-0.1, -0.05) is 24.3 Å². The number of piperazine rings is 1. The van der Waals surface area contributed by atoms with Crippen LogP contribution in [0, 0.1) is 5.82 Å². The smallest absolute Gasteiger partial charge is 0.258 e. The standard InChI is InChI=1S/C26H28FN3O3/c1-18(2)28-25(31)17-33-24-16-20-6-4-3-5-19(20)15-23(24)26(32)30-13-11-29(12-14-30)22-9-7-21(27)8-10-22/h3-10,15-16,18H,11-14,17H2,1-2H3,(H,28,31). The number of anilines is 1. The minimum atomic E-state index is -0.265. The van der Waals surface area contributed by atoms with Crippen LogP contribution in [0.25, 0.3) is 10.8 Å². The fourth-order valence-electron chi connectivity index (χ4n) is 4.00. The SMILES string of the molecule is CC(C)NC(=O)COc1cc2ccccc2cc1C(=O)N1CCN(c2ccc(F)cc2)CC1. The number of carbonyl (C=O) groups is 2. The summed E-state index contributed by atoms with van der Waals surface area (Å²) < 4.78 is 19.0. The van der Waals surface area contributed by atoms with Gasteiger partial charge in [-0.05, 0) is 61.0 Å². The van der Waals surface area contributed by atoms with E-state index in [-0.39, 0.29) is 30.3 Å². The number of amides is 2. The largest absolute Gasteiger partial charge is 0.483 e. The van der Waals surface area contributed by atoms with Gasteiger partial charge in [0.15, 0.2) is 6.61 Å². The molecule has 3 aromatic rings. The van der Waals surface area contributed by atoms with Crippen molar-refractivity contribution in [2.24, 2.45) is 0 Å². The molecule has 0 radical (unpaired) electrons. The predicted octanol–water partition coefficient (Wildman–Crippen LogP) is 3.84. The van der Waals surface area contributed by atoms with Crippen molar-refractivity contribution >= 4 is 28.3 Å². The first-order valence-electron chi connectivity index (χ1n) is 11.2. The summed E-state index contributed by atoms with van der Waals surface area (Å²) in [4.78, 5) is 29.5. The van der Waals surface area contributed by atoms with Crippen molar-refractivity contribution < 1.29 is 18.7 Å². The number of fused-ring (bicyclic) bond motifs is 1. The number of benzene rings is 3. The summed E-state index contributed by atoms with van der Waals surface area (Å²) in [6, 6.07) is 17.8. The van der Waals surface area contributed by atoms with Crippen molar-refractivity contribution in [3.63, 3.8) is 0 Å². The van der Waals surface area contributed by atoms with Crippen molar-refractivity contribution in [1.82, 2.24) is 10.2 Å². The van der Waals surface area contributed by atoms with E-state index in [4.69, 9.17) is 4.74 Å². The van der Waals surface area contributed by atoms with Crippen molar-refractivity contribution in [2.45, 2.75) is 19.9 Å². The second-order valence-corrected chi connectivity index (χ2v) is 8.46. The average molecular weight is 450 g/mol. The van der Waals surface area contributed by atoms with Gasteiger partial charge in [0.05, 0.1) is 5.56 Å². The summed E-state index contributed by atoms with van der Waals surface area (Å²) in [5, 5.41) is 4.67. The predicted molar refractivity (Wildman–Crippen MR) is 127 cm³/mol. The molecule has 1 N–H and O–H groups in total. The van der Waals surface area contributed by atoms with E-state index in [1.165, 1.54) is 12.1 Å². The van der Waals surface area contributed by atoms with Crippen LogP contribution in [0.5, 0.6) is 5.75 Å². The highest BCUT2D eigenvalue weighted by molar-refractivity contribution is 6.02. The molecular formula is C26H28FN3O3. The van der Waals surface area contributed by atoms with Gasteiger partial charge in [-0.15, -0.1) is 0 Å². The van der Waals surface area contributed by atoms with Crippen LogP contribution < -0.4 is 15.0 Å². The lowest BCUT2D eigenvalue weighted by molar-refractivity contribution is -0.123. The third-order valence-electron chi connectivity index (χ3n) is 5.65. The molecule has 0 bridgehead atoms. The molecule has 0 unspecified atom stereocenters. The highest BCUT2D eigenvalue weighted by Gasteiger charge is 2.25. The molecule has 172 valence electrons. The Morgan fingerprint density at radius 2 is 1.61 bits per heavy atom. The molecule has 6 nitrogen and oxygen atoms in total. The summed E-state index contributed by atoms with van der Waals surface area (Å²) in [6.45, 7) is 5.99. The van der Waals surface area contributed by atoms with E-state index in [9.17, 15) is 14.0 Å². The second-order valence-electron chi connectivity index (χ2n) is 8.46. The quantitative estimate of drug-likeness (QED) is 0.621. The van der Waals surface area contributed by atoms with Gasteiger partial charge in [0, 0.05) is 37.9 Å². The third-order valence-corrected chi connectivity index (χ3v) is 5.65. The average Bonchev–Trinajstić information content (AvgIpc) is 2.82. The van der Waals surface area contributed by atoms with E-state index < -0.39 is 0 Å². The topological polar surface area (TPSA) is 61.9 Å². The number of halogens is 1. The maximum Gasteiger partial charge on any atom is 0.258 e. The van der Waals surface area contributed by atoms with Crippen LogP contribution in [0.15, 0.2) is 60.7 Å². The lowest BCUT2D eigenvalue weighted by Crippen LogP contribution is -2.48. The van der Waals surface area contributed by atoms with E-state index in [0.717, 1.165) is 16.5 Å². The van der Waals surface area contributed by atoms with E-state index in [1.807, 2.05) is 50.2 Å². The zero-order valence-electron chi connectivity index (χ0n) is 18.9. The minimum Gasteiger partial charge on any atom is -0.483 e. The lowest BCUT2D eigenvalue weighted by atomic mass is 10.0. The number of nitrogens with one attached hydrogen (secondary N) is 1. The molecule has 1 aliphatic heterocycles. The van der Waals surface area contributed by atoms with Crippen LogP contribution >= 0.6 is 0 Å². The van der Waals surface area contributed by atoms with Crippen LogP contribution in [-0.4, -0.2) is 55.5 Å². The molecular weight excluding hydrogens is 421 g/mol. The number of rotatable bonds is 6. The number of carbonyl (C=O) groups excluding carboxylic acids is 2. The zero-order valence-corrected chi connectivity index (χ0v) is 18.9. The van der Waals surface area contributed by atoms with E-state index in [1.54, 1.807) is 17.0 Å². The highest BCUT2D eigenvalue weighted by Crippen LogP contribution is 2.28. The molecule has 0 saturated carbocycles. The maximum atomic E-state index is 13.5. The Bertz CT molecular complexity index is 1140. The van der Waals surface area contributed by atoms with Gasteiger partial charge >= 0.3 is 0 Å². The molecule has 1 heterocycles. The molecule has 1 fully saturated rings. The molecule has 0 aromatic heterocycles. The Hall–Kier alpha value is -3.61. The van der Waals surface area contributed by atoms with E-state index in [0.29, 0.717) is 37.5 Å². The Morgan fingerprint density at radius 1 is 0.970 bits per heavy atom. The second kappa shape index (κ2) is 9.90. The van der Waals surface area contributed by atoms with Crippen LogP contribution in [0.4, 0.5) is 10.1 Å². The molecule has 33 heavy (non-hydrogen) atoms. The number of ether oxygens (including phenoxy) is 1. The molecule has 0 aliphatic carbocycles. The van der Waals surface area contributed by atoms with Crippen molar-refractivity contribution in [2.75, 3.05) is 37.7 Å². The monoisotopic (exact) mass is 449 g/mol. The lowest BCUT2D eigenvalue weighted by Gasteiger charge is -2.36. The Labute approximate surface area is 192 Å². The molecule has 0 atom stereocenters. The third kappa shape index (κ3) is 5.42. The Morgan fingerprint density at radius 3 is 2.24 bits per heavy atom. The maximum absolute atomic E-state index is 13.5. The van der Waals surface area contributed by atoms with Gasteiger partial charge < -0.3 is 19.9 Å². The van der Waals surface area contributed by atoms with Crippen molar-refractivity contribution in [3.8, 4) is 5.75 Å². The van der Waals surface area contributed by atoms with E-state index in [2.05, 4.69) is 10.2 Å². The summed E-state index contributed by atoms with van der Waals surface area (Å²) >= 11 is 0. The number of nitrogens with zero attached hydrogens (tertiary/aromatic N) is 2. The van der Waals surface area contributed by atoms with Crippen molar-refractivity contribution in [3.05, 3.63) is 72.0 Å². The molecule has 7 heteroatoms. The minimum absolute atomic E-state index is 0.0104. The van der Waals surface area contributed by atoms with Crippen LogP contribution in [-0.2, 0) is 4.79 Å². The first-order valence-corrected chi connectivity index (χ1v) is 11.2. The van der Waals surface area contributed by atoms with Gasteiger partial charge in [0.1, 0.15) is 11.6 Å². The van der Waals surface area contributed by atoms with Gasteiger partial charge in [-0.25, -0.2) is 4.39 Å². The molecule has 1 saturated heterocycles. The molecule has 4 rings (SSSR count). The summed E-state index contributed by atoms with van der Waals surface area (Å²) in [5.74, 6) is -0.222. The van der Waals surface area contributed by atoms with E-state index >= 15 is 0 Å². The molecule has 2 amide bonds. The Balaban J connectivity index is 1.51. The molecule has 1 aliphatic rings. The first kappa shape index (κ1) is 22.6. The fraction of sp³-hybridized carbons (Fsp3) is 0.308. The summed E-state index contributed by atoms with van der Waals surface area (Å²) in [7, 11) is 0. The highest BCUT2D eigenvalue weighted by atomic mass is 19.1.